The fourth-order valence-electron chi connectivity index (χ4n) is 2.02. The number of benzene rings is 1. The molecule has 0 saturated heterocycles. The van der Waals surface area contributed by atoms with Crippen LogP contribution in [0.25, 0.3) is 0 Å². The number of rotatable bonds is 8. The minimum absolute atomic E-state index is 0.00746. The molecule has 1 atom stereocenters. The van der Waals surface area contributed by atoms with Crippen molar-refractivity contribution < 1.29 is 9.53 Å². The van der Waals surface area contributed by atoms with Gasteiger partial charge in [0.05, 0.1) is 12.3 Å². The van der Waals surface area contributed by atoms with E-state index >= 15 is 0 Å². The van der Waals surface area contributed by atoms with Gasteiger partial charge in [-0.15, -0.1) is 0 Å². The Morgan fingerprint density at radius 1 is 1.33 bits per heavy atom. The molecule has 0 saturated carbocycles. The van der Waals surface area contributed by atoms with Crippen molar-refractivity contribution in [3.63, 3.8) is 0 Å². The first-order valence-electron chi connectivity index (χ1n) is 7.68. The Balaban J connectivity index is 2.88. The molecule has 0 radical (unpaired) electrons. The molecule has 0 heterocycles. The van der Waals surface area contributed by atoms with Crippen LogP contribution in [0, 0.1) is 5.92 Å². The second-order valence-electron chi connectivity index (χ2n) is 5.50. The number of carbonyl (C=O) groups excluding carboxylic acids is 1. The fraction of sp³-hybridized carbons (Fsp3) is 0.588. The highest BCUT2D eigenvalue weighted by molar-refractivity contribution is 9.09. The number of amides is 1. The van der Waals surface area contributed by atoms with Crippen molar-refractivity contribution in [3.05, 3.63) is 23.8 Å². The zero-order chi connectivity index (χ0) is 15.8. The van der Waals surface area contributed by atoms with E-state index in [0.717, 1.165) is 30.7 Å². The van der Waals surface area contributed by atoms with E-state index < -0.39 is 0 Å². The summed E-state index contributed by atoms with van der Waals surface area (Å²) in [6.07, 6.45) is 3.28. The van der Waals surface area contributed by atoms with E-state index in [1.807, 2.05) is 32.9 Å². The number of ether oxygens (including phenoxy) is 1. The number of nitrogens with one attached hydrogen (secondary N) is 1. The Kier molecular flexibility index (Phi) is 7.79. The number of anilines is 1. The smallest absolute Gasteiger partial charge is 0.227 e. The van der Waals surface area contributed by atoms with Gasteiger partial charge in [0.1, 0.15) is 5.75 Å². The van der Waals surface area contributed by atoms with E-state index in [0.29, 0.717) is 11.4 Å². The highest BCUT2D eigenvalue weighted by atomic mass is 79.9. The molecule has 0 bridgehead atoms. The Morgan fingerprint density at radius 3 is 2.62 bits per heavy atom. The molecule has 1 aromatic carbocycles. The Hall–Kier alpha value is -1.03. The molecule has 0 aliphatic carbocycles. The zero-order valence-corrected chi connectivity index (χ0v) is 15.0. The van der Waals surface area contributed by atoms with Gasteiger partial charge in [-0.25, -0.2) is 0 Å². The van der Waals surface area contributed by atoms with E-state index in [1.165, 1.54) is 5.56 Å². The molecule has 1 amide bonds. The van der Waals surface area contributed by atoms with Crippen LogP contribution in [0.5, 0.6) is 5.75 Å². The van der Waals surface area contributed by atoms with E-state index in [4.69, 9.17) is 4.74 Å². The first kappa shape index (κ1) is 18.0. The lowest BCUT2D eigenvalue weighted by Crippen LogP contribution is -2.18. The van der Waals surface area contributed by atoms with E-state index in [2.05, 4.69) is 34.2 Å². The molecule has 21 heavy (non-hydrogen) atoms. The molecule has 1 unspecified atom stereocenters. The summed E-state index contributed by atoms with van der Waals surface area (Å²) < 4.78 is 5.67. The third-order valence-electron chi connectivity index (χ3n) is 3.19. The van der Waals surface area contributed by atoms with Crippen molar-refractivity contribution in [1.29, 1.82) is 0 Å². The molecule has 0 aliphatic rings. The van der Waals surface area contributed by atoms with Crippen molar-refractivity contribution in [2.24, 2.45) is 5.92 Å². The Morgan fingerprint density at radius 2 is 2.05 bits per heavy atom. The zero-order valence-electron chi connectivity index (χ0n) is 13.4. The summed E-state index contributed by atoms with van der Waals surface area (Å²) in [5.41, 5.74) is 1.97. The number of halogens is 1. The molecule has 118 valence electrons. The quantitative estimate of drug-likeness (QED) is 0.681. The normalized spacial score (nSPS) is 12.3. The molecule has 0 fully saturated rings. The van der Waals surface area contributed by atoms with Crippen molar-refractivity contribution in [1.82, 2.24) is 0 Å². The van der Waals surface area contributed by atoms with Gasteiger partial charge >= 0.3 is 0 Å². The van der Waals surface area contributed by atoms with E-state index in [9.17, 15) is 4.79 Å². The molecule has 4 heteroatoms. The Bertz CT molecular complexity index is 460. The number of alkyl halides is 1. The van der Waals surface area contributed by atoms with Gasteiger partial charge in [0.15, 0.2) is 0 Å². The predicted molar refractivity (Wildman–Crippen MR) is 92.4 cm³/mol. The van der Waals surface area contributed by atoms with Gasteiger partial charge in [-0.2, -0.15) is 0 Å². The van der Waals surface area contributed by atoms with E-state index in [-0.39, 0.29) is 11.8 Å². The summed E-state index contributed by atoms with van der Waals surface area (Å²) in [6, 6.07) is 6.03. The van der Waals surface area contributed by atoms with Crippen molar-refractivity contribution in [2.45, 2.75) is 51.8 Å². The van der Waals surface area contributed by atoms with Crippen LogP contribution < -0.4 is 10.1 Å². The number of hydrogen-bond acceptors (Lipinski definition) is 2. The standard InChI is InChI=1S/C17H26BrNO2/c1-5-7-14(18)10-13-8-9-15(16(11-13)21-6-2)19-17(20)12(3)4/h8-9,11-12,14H,5-7,10H2,1-4H3,(H,19,20). The largest absolute Gasteiger partial charge is 0.492 e. The molecule has 1 rings (SSSR count). The SMILES string of the molecule is CCCC(Br)Cc1ccc(NC(=O)C(C)C)c(OCC)c1. The highest BCUT2D eigenvalue weighted by Gasteiger charge is 2.13. The lowest BCUT2D eigenvalue weighted by Gasteiger charge is -2.15. The van der Waals surface area contributed by atoms with Gasteiger partial charge in [0, 0.05) is 10.7 Å². The molecule has 1 aromatic rings. The lowest BCUT2D eigenvalue weighted by atomic mass is 10.1. The van der Waals surface area contributed by atoms with Crippen LogP contribution in [0.15, 0.2) is 18.2 Å². The molecule has 3 nitrogen and oxygen atoms in total. The maximum absolute atomic E-state index is 11.8. The summed E-state index contributed by atoms with van der Waals surface area (Å²) in [5.74, 6) is 0.712. The second kappa shape index (κ2) is 9.08. The summed E-state index contributed by atoms with van der Waals surface area (Å²) >= 11 is 3.71. The van der Waals surface area contributed by atoms with Crippen LogP contribution in [0.3, 0.4) is 0 Å². The van der Waals surface area contributed by atoms with Gasteiger partial charge in [-0.3, -0.25) is 4.79 Å². The summed E-state index contributed by atoms with van der Waals surface area (Å²) in [4.78, 5) is 12.3. The van der Waals surface area contributed by atoms with Crippen LogP contribution in [-0.4, -0.2) is 17.3 Å². The van der Waals surface area contributed by atoms with Crippen molar-refractivity contribution in [2.75, 3.05) is 11.9 Å². The summed E-state index contributed by atoms with van der Waals surface area (Å²) in [5, 5.41) is 2.92. The average molecular weight is 356 g/mol. The van der Waals surface area contributed by atoms with Gasteiger partial charge in [0.2, 0.25) is 5.91 Å². The molecule has 1 N–H and O–H groups in total. The minimum Gasteiger partial charge on any atom is -0.492 e. The molecular weight excluding hydrogens is 330 g/mol. The molecule has 0 aromatic heterocycles. The average Bonchev–Trinajstić information content (AvgIpc) is 2.42. The fourth-order valence-corrected chi connectivity index (χ4v) is 2.85. The third kappa shape index (κ3) is 6.08. The topological polar surface area (TPSA) is 38.3 Å². The van der Waals surface area contributed by atoms with Crippen LogP contribution >= 0.6 is 15.9 Å². The molecule has 0 aliphatic heterocycles. The lowest BCUT2D eigenvalue weighted by molar-refractivity contribution is -0.118. The molecule has 0 spiro atoms. The third-order valence-corrected chi connectivity index (χ3v) is 3.97. The monoisotopic (exact) mass is 355 g/mol. The number of carbonyl (C=O) groups is 1. The van der Waals surface area contributed by atoms with Gasteiger partial charge in [0.25, 0.3) is 0 Å². The maximum Gasteiger partial charge on any atom is 0.227 e. The summed E-state index contributed by atoms with van der Waals surface area (Å²) in [6.45, 7) is 8.48. The van der Waals surface area contributed by atoms with E-state index in [1.54, 1.807) is 0 Å². The van der Waals surface area contributed by atoms with Gasteiger partial charge in [-0.05, 0) is 37.5 Å². The van der Waals surface area contributed by atoms with Gasteiger partial charge in [-0.1, -0.05) is 49.2 Å². The Labute approximate surface area is 136 Å². The second-order valence-corrected chi connectivity index (χ2v) is 6.79. The maximum atomic E-state index is 11.8. The number of hydrogen-bond donors (Lipinski definition) is 1. The van der Waals surface area contributed by atoms with Crippen LogP contribution in [0.1, 0.15) is 46.1 Å². The van der Waals surface area contributed by atoms with Gasteiger partial charge < -0.3 is 10.1 Å². The minimum atomic E-state index is -0.0457. The highest BCUT2D eigenvalue weighted by Crippen LogP contribution is 2.28. The summed E-state index contributed by atoms with van der Waals surface area (Å²) in [7, 11) is 0. The first-order chi connectivity index (χ1) is 9.97. The van der Waals surface area contributed by atoms with Crippen LogP contribution in [0.4, 0.5) is 5.69 Å². The van der Waals surface area contributed by atoms with Crippen molar-refractivity contribution in [3.8, 4) is 5.75 Å². The first-order valence-corrected chi connectivity index (χ1v) is 8.60. The molecular formula is C17H26BrNO2. The predicted octanol–water partition coefficient (Wildman–Crippen LogP) is 4.79. The van der Waals surface area contributed by atoms with Crippen LogP contribution in [-0.2, 0) is 11.2 Å². The van der Waals surface area contributed by atoms with Crippen molar-refractivity contribution >= 4 is 27.5 Å². The van der Waals surface area contributed by atoms with Crippen LogP contribution in [0.2, 0.25) is 0 Å².